The molecule has 108 valence electrons. The molecule has 0 aliphatic heterocycles. The van der Waals surface area contributed by atoms with Crippen LogP contribution in [0.1, 0.15) is 38.5 Å². The Morgan fingerprint density at radius 1 is 1.16 bits per heavy atom. The number of amides is 2. The molecule has 0 saturated heterocycles. The molecule has 0 aromatic carbocycles. The van der Waals surface area contributed by atoms with E-state index in [0.29, 0.717) is 6.42 Å². The number of ether oxygens (including phenoxy) is 1. The highest BCUT2D eigenvalue weighted by Gasteiger charge is 2.34. The Morgan fingerprint density at radius 2 is 1.84 bits per heavy atom. The fourth-order valence-electron chi connectivity index (χ4n) is 2.87. The second kappa shape index (κ2) is 6.23. The predicted octanol–water partition coefficient (Wildman–Crippen LogP) is 1.11. The summed E-state index contributed by atoms with van der Waals surface area (Å²) in [7, 11) is 1.67. The van der Waals surface area contributed by atoms with Crippen LogP contribution in [-0.2, 0) is 9.53 Å². The molecule has 2 amide bonds. The second-order valence-electron chi connectivity index (χ2n) is 5.48. The van der Waals surface area contributed by atoms with Gasteiger partial charge in [0.15, 0.2) is 0 Å². The van der Waals surface area contributed by atoms with Crippen molar-refractivity contribution in [1.29, 1.82) is 0 Å². The van der Waals surface area contributed by atoms with Gasteiger partial charge in [-0.15, -0.1) is 0 Å². The lowest BCUT2D eigenvalue weighted by Gasteiger charge is -2.36. The van der Waals surface area contributed by atoms with Gasteiger partial charge >= 0.3 is 12.0 Å². The van der Waals surface area contributed by atoms with Crippen LogP contribution in [0.2, 0.25) is 0 Å². The second-order valence-corrected chi connectivity index (χ2v) is 5.48. The third-order valence-electron chi connectivity index (χ3n) is 4.16. The zero-order valence-electron chi connectivity index (χ0n) is 11.2. The molecule has 6 heteroatoms. The summed E-state index contributed by atoms with van der Waals surface area (Å²) >= 11 is 0. The van der Waals surface area contributed by atoms with Gasteiger partial charge < -0.3 is 20.5 Å². The summed E-state index contributed by atoms with van der Waals surface area (Å²) in [6, 6.07) is -0.348. The Hall–Kier alpha value is -1.30. The van der Waals surface area contributed by atoms with Gasteiger partial charge in [-0.05, 0) is 25.7 Å². The number of nitrogens with one attached hydrogen (secondary N) is 2. The van der Waals surface area contributed by atoms with Crippen molar-refractivity contribution in [2.24, 2.45) is 5.92 Å². The molecule has 0 radical (unpaired) electrons. The highest BCUT2D eigenvalue weighted by atomic mass is 16.5. The molecule has 2 aliphatic rings. The minimum absolute atomic E-state index is 0.150. The number of hydrogen-bond acceptors (Lipinski definition) is 3. The Kier molecular flexibility index (Phi) is 4.63. The molecule has 0 heterocycles. The number of methoxy groups -OCH3 is 1. The van der Waals surface area contributed by atoms with Crippen LogP contribution in [-0.4, -0.2) is 42.4 Å². The van der Waals surface area contributed by atoms with Crippen LogP contribution in [0.25, 0.3) is 0 Å². The number of carbonyl (C=O) groups excluding carboxylic acids is 1. The Bertz CT molecular complexity index is 342. The largest absolute Gasteiger partial charge is 0.481 e. The molecule has 2 rings (SSSR count). The van der Waals surface area contributed by atoms with E-state index in [1.165, 1.54) is 0 Å². The van der Waals surface area contributed by atoms with Crippen molar-refractivity contribution in [3.05, 3.63) is 0 Å². The summed E-state index contributed by atoms with van der Waals surface area (Å²) in [5.74, 6) is -1.26. The van der Waals surface area contributed by atoms with Crippen LogP contribution < -0.4 is 10.6 Å². The van der Waals surface area contributed by atoms with Gasteiger partial charge in [-0.2, -0.15) is 0 Å². The summed E-state index contributed by atoms with van der Waals surface area (Å²) < 4.78 is 5.15. The van der Waals surface area contributed by atoms with E-state index in [-0.39, 0.29) is 24.2 Å². The van der Waals surface area contributed by atoms with Gasteiger partial charge in [0.25, 0.3) is 0 Å². The molecule has 19 heavy (non-hydrogen) atoms. The smallest absolute Gasteiger partial charge is 0.315 e. The van der Waals surface area contributed by atoms with Crippen molar-refractivity contribution in [3.63, 3.8) is 0 Å². The van der Waals surface area contributed by atoms with Gasteiger partial charge in [0.2, 0.25) is 0 Å². The number of urea groups is 1. The molecular formula is C13H22N2O4. The summed E-state index contributed by atoms with van der Waals surface area (Å²) in [5.41, 5.74) is 0. The number of carboxylic acids is 1. The molecule has 2 atom stereocenters. The Balaban J connectivity index is 1.76. The van der Waals surface area contributed by atoms with E-state index in [9.17, 15) is 9.59 Å². The fraction of sp³-hybridized carbons (Fsp3) is 0.846. The topological polar surface area (TPSA) is 87.7 Å². The fourth-order valence-corrected chi connectivity index (χ4v) is 2.87. The molecule has 2 aliphatic carbocycles. The first kappa shape index (κ1) is 14.1. The molecule has 2 fully saturated rings. The van der Waals surface area contributed by atoms with E-state index in [1.54, 1.807) is 7.11 Å². The number of hydrogen-bond donors (Lipinski definition) is 3. The minimum Gasteiger partial charge on any atom is -0.481 e. The van der Waals surface area contributed by atoms with Gasteiger partial charge in [-0.25, -0.2) is 4.79 Å². The minimum atomic E-state index is -0.812. The lowest BCUT2D eigenvalue weighted by Crippen LogP contribution is -2.54. The monoisotopic (exact) mass is 270 g/mol. The first-order valence-electron chi connectivity index (χ1n) is 6.92. The van der Waals surface area contributed by atoms with Crippen molar-refractivity contribution in [1.82, 2.24) is 10.6 Å². The summed E-state index contributed by atoms with van der Waals surface area (Å²) in [4.78, 5) is 23.0. The normalized spacial score (nSPS) is 34.2. The van der Waals surface area contributed by atoms with E-state index in [0.717, 1.165) is 32.1 Å². The predicted molar refractivity (Wildman–Crippen MR) is 68.9 cm³/mol. The summed E-state index contributed by atoms with van der Waals surface area (Å²) in [5, 5.41) is 14.8. The third kappa shape index (κ3) is 3.59. The van der Waals surface area contributed by atoms with Crippen molar-refractivity contribution in [3.8, 4) is 0 Å². The Morgan fingerprint density at radius 3 is 2.47 bits per heavy atom. The van der Waals surface area contributed by atoms with Crippen molar-refractivity contribution >= 4 is 12.0 Å². The number of carboxylic acid groups (broad SMARTS) is 1. The Labute approximate surface area is 112 Å². The van der Waals surface area contributed by atoms with Gasteiger partial charge in [0, 0.05) is 19.2 Å². The van der Waals surface area contributed by atoms with Crippen LogP contribution >= 0.6 is 0 Å². The first-order chi connectivity index (χ1) is 9.10. The lowest BCUT2D eigenvalue weighted by atomic mass is 9.84. The molecule has 2 unspecified atom stereocenters. The van der Waals surface area contributed by atoms with Gasteiger partial charge in [0.1, 0.15) is 0 Å². The zero-order valence-corrected chi connectivity index (χ0v) is 11.2. The molecule has 0 aromatic heterocycles. The van der Waals surface area contributed by atoms with Crippen LogP contribution in [0.5, 0.6) is 0 Å². The van der Waals surface area contributed by atoms with E-state index >= 15 is 0 Å². The summed E-state index contributed by atoms with van der Waals surface area (Å²) in [6.45, 7) is 0. The van der Waals surface area contributed by atoms with Gasteiger partial charge in [0.05, 0.1) is 12.0 Å². The number of aliphatic carboxylic acids is 1. The van der Waals surface area contributed by atoms with E-state index in [1.807, 2.05) is 0 Å². The molecule has 0 bridgehead atoms. The third-order valence-corrected chi connectivity index (χ3v) is 4.16. The van der Waals surface area contributed by atoms with Crippen LogP contribution in [0.4, 0.5) is 4.79 Å². The van der Waals surface area contributed by atoms with Crippen LogP contribution in [0.15, 0.2) is 0 Å². The summed E-state index contributed by atoms with van der Waals surface area (Å²) in [6.07, 6.45) is 5.20. The van der Waals surface area contributed by atoms with Crippen molar-refractivity contribution in [2.75, 3.05) is 7.11 Å². The van der Waals surface area contributed by atoms with Crippen LogP contribution in [0.3, 0.4) is 0 Å². The van der Waals surface area contributed by atoms with E-state index in [2.05, 4.69) is 10.6 Å². The first-order valence-corrected chi connectivity index (χ1v) is 6.92. The molecule has 0 aromatic rings. The zero-order chi connectivity index (χ0) is 13.8. The SMILES string of the molecule is COC1CC(NC(=O)NC2CCCCC2C(=O)O)C1. The quantitative estimate of drug-likeness (QED) is 0.714. The number of carbonyl (C=O) groups is 2. The molecule has 6 nitrogen and oxygen atoms in total. The highest BCUT2D eigenvalue weighted by molar-refractivity contribution is 5.77. The highest BCUT2D eigenvalue weighted by Crippen LogP contribution is 2.25. The van der Waals surface area contributed by atoms with Gasteiger partial charge in [-0.3, -0.25) is 4.79 Å². The molecule has 3 N–H and O–H groups in total. The average Bonchev–Trinajstić information content (AvgIpc) is 2.33. The lowest BCUT2D eigenvalue weighted by molar-refractivity contribution is -0.143. The maximum Gasteiger partial charge on any atom is 0.315 e. The van der Waals surface area contributed by atoms with Crippen molar-refractivity contribution in [2.45, 2.75) is 56.7 Å². The maximum atomic E-state index is 11.8. The number of rotatable bonds is 4. The average molecular weight is 270 g/mol. The van der Waals surface area contributed by atoms with E-state index in [4.69, 9.17) is 9.84 Å². The van der Waals surface area contributed by atoms with Crippen LogP contribution in [0, 0.1) is 5.92 Å². The standard InChI is InChI=1S/C13H22N2O4/c1-19-9-6-8(7-9)14-13(18)15-11-5-3-2-4-10(11)12(16)17/h8-11H,2-7H2,1H3,(H,16,17)(H2,14,15,18). The molecular weight excluding hydrogens is 248 g/mol. The molecule has 0 spiro atoms. The molecule has 2 saturated carbocycles. The maximum absolute atomic E-state index is 11.8. The van der Waals surface area contributed by atoms with Crippen molar-refractivity contribution < 1.29 is 19.4 Å². The van der Waals surface area contributed by atoms with E-state index < -0.39 is 11.9 Å². The van der Waals surface area contributed by atoms with Gasteiger partial charge in [-0.1, -0.05) is 12.8 Å².